The number of ether oxygens (including phenoxy) is 4. The molecule has 0 radical (unpaired) electrons. The van der Waals surface area contributed by atoms with Gasteiger partial charge in [0.15, 0.2) is 11.9 Å². The van der Waals surface area contributed by atoms with Crippen molar-refractivity contribution in [1.29, 1.82) is 0 Å². The molecule has 3 atom stereocenters. The third kappa shape index (κ3) is 2.86. The van der Waals surface area contributed by atoms with Crippen LogP contribution in [0, 0.1) is 0 Å². The van der Waals surface area contributed by atoms with E-state index in [2.05, 4.69) is 0 Å². The summed E-state index contributed by atoms with van der Waals surface area (Å²) in [5.74, 6) is -3.25. The number of aliphatic hydroxyl groups excluding tert-OH is 2. The Morgan fingerprint density at radius 1 is 1.35 bits per heavy atom. The van der Waals surface area contributed by atoms with Crippen molar-refractivity contribution in [3.8, 4) is 0 Å². The van der Waals surface area contributed by atoms with Crippen molar-refractivity contribution in [2.45, 2.75) is 44.9 Å². The molecule has 1 unspecified atom stereocenters. The topological polar surface area (TPSA) is 112 Å². The Kier molecular flexibility index (Phi) is 3.61. The second-order valence-corrected chi connectivity index (χ2v) is 5.43. The van der Waals surface area contributed by atoms with Crippen molar-refractivity contribution in [1.82, 2.24) is 0 Å². The maximum atomic E-state index is 11.7. The van der Waals surface area contributed by atoms with E-state index in [9.17, 15) is 19.8 Å². The molecule has 8 nitrogen and oxygen atoms in total. The molecule has 2 aliphatic heterocycles. The van der Waals surface area contributed by atoms with E-state index in [1.807, 2.05) is 0 Å². The first-order chi connectivity index (χ1) is 9.19. The lowest BCUT2D eigenvalue weighted by molar-refractivity contribution is -0.187. The van der Waals surface area contributed by atoms with E-state index in [-0.39, 0.29) is 6.61 Å². The van der Waals surface area contributed by atoms with Crippen molar-refractivity contribution < 1.29 is 38.7 Å². The highest BCUT2D eigenvalue weighted by Gasteiger charge is 2.46. The normalized spacial score (nSPS) is 30.6. The largest absolute Gasteiger partial charge is 0.505 e. The summed E-state index contributed by atoms with van der Waals surface area (Å²) in [6, 6.07) is 0. The zero-order valence-corrected chi connectivity index (χ0v) is 11.3. The summed E-state index contributed by atoms with van der Waals surface area (Å²) in [5, 5.41) is 18.7. The maximum Gasteiger partial charge on any atom is 0.377 e. The third-order valence-electron chi connectivity index (χ3n) is 2.59. The summed E-state index contributed by atoms with van der Waals surface area (Å²) in [7, 11) is 0. The molecule has 1 saturated heterocycles. The summed E-state index contributed by atoms with van der Waals surface area (Å²) in [4.78, 5) is 22.8. The summed E-state index contributed by atoms with van der Waals surface area (Å²) in [6.45, 7) is 5.01. The minimum absolute atomic E-state index is 0.0841. The van der Waals surface area contributed by atoms with E-state index in [1.165, 1.54) is 0 Å². The Hall–Kier alpha value is -1.80. The van der Waals surface area contributed by atoms with Gasteiger partial charge in [0.25, 0.3) is 6.29 Å². The number of carbonyl (C=O) groups is 2. The van der Waals surface area contributed by atoms with E-state index in [0.717, 1.165) is 0 Å². The van der Waals surface area contributed by atoms with E-state index in [4.69, 9.17) is 18.9 Å². The minimum atomic E-state index is -1.26. The second kappa shape index (κ2) is 4.95. The van der Waals surface area contributed by atoms with Crippen LogP contribution in [0.25, 0.3) is 0 Å². The van der Waals surface area contributed by atoms with Gasteiger partial charge < -0.3 is 29.2 Å². The molecule has 2 N–H and O–H groups in total. The summed E-state index contributed by atoms with van der Waals surface area (Å²) in [5.41, 5.74) is -0.692. The van der Waals surface area contributed by atoms with Crippen LogP contribution >= 0.6 is 0 Å². The first kappa shape index (κ1) is 14.6. The fourth-order valence-corrected chi connectivity index (χ4v) is 1.77. The van der Waals surface area contributed by atoms with Crippen LogP contribution in [0.1, 0.15) is 20.8 Å². The summed E-state index contributed by atoms with van der Waals surface area (Å²) in [6.07, 6.45) is -3.33. The zero-order chi connectivity index (χ0) is 15.1. The molecule has 2 rings (SSSR count). The number of hydrogen-bond acceptors (Lipinski definition) is 8. The van der Waals surface area contributed by atoms with Gasteiger partial charge >= 0.3 is 11.9 Å². The maximum absolute atomic E-state index is 11.7. The van der Waals surface area contributed by atoms with Gasteiger partial charge in [0.1, 0.15) is 11.7 Å². The molecule has 112 valence electrons. The smallest absolute Gasteiger partial charge is 0.377 e. The predicted octanol–water partition coefficient (Wildman–Crippen LogP) is 0.323. The van der Waals surface area contributed by atoms with E-state index >= 15 is 0 Å². The average molecular weight is 288 g/mol. The molecule has 1 fully saturated rings. The Morgan fingerprint density at radius 3 is 2.50 bits per heavy atom. The van der Waals surface area contributed by atoms with Crippen LogP contribution in [-0.2, 0) is 28.5 Å². The highest BCUT2D eigenvalue weighted by atomic mass is 16.8. The van der Waals surface area contributed by atoms with Crippen molar-refractivity contribution in [3.63, 3.8) is 0 Å². The van der Waals surface area contributed by atoms with Crippen LogP contribution in [0.15, 0.2) is 11.5 Å². The van der Waals surface area contributed by atoms with Crippen LogP contribution in [0.3, 0.4) is 0 Å². The fraction of sp³-hybridized carbons (Fsp3) is 0.667. The standard InChI is InChI=1S/C12H16O8/c1-12(2,3)20-10(16)11-17-4-5(18-11)8-6(13)7(14)9(15)19-8/h5,8,11,13-14H,4H2,1-3H3/t5-,8+,11?/m0/s1. The summed E-state index contributed by atoms with van der Waals surface area (Å²) >= 11 is 0. The molecule has 0 spiro atoms. The van der Waals surface area contributed by atoms with Gasteiger partial charge in [-0.2, -0.15) is 0 Å². The van der Waals surface area contributed by atoms with Gasteiger partial charge in [0, 0.05) is 0 Å². The van der Waals surface area contributed by atoms with Gasteiger partial charge in [-0.25, -0.2) is 9.59 Å². The van der Waals surface area contributed by atoms with Gasteiger partial charge in [-0.1, -0.05) is 0 Å². The van der Waals surface area contributed by atoms with Crippen LogP contribution in [0.4, 0.5) is 0 Å². The first-order valence-corrected chi connectivity index (χ1v) is 6.02. The van der Waals surface area contributed by atoms with Gasteiger partial charge in [0.2, 0.25) is 5.76 Å². The lowest BCUT2D eigenvalue weighted by atomic mass is 10.2. The van der Waals surface area contributed by atoms with Crippen LogP contribution < -0.4 is 0 Å². The number of hydrogen-bond donors (Lipinski definition) is 2. The van der Waals surface area contributed by atoms with Gasteiger partial charge in [-0.05, 0) is 20.8 Å². The van der Waals surface area contributed by atoms with Crippen LogP contribution in [-0.4, -0.2) is 52.9 Å². The van der Waals surface area contributed by atoms with Gasteiger partial charge in [-0.15, -0.1) is 0 Å². The van der Waals surface area contributed by atoms with E-state index < -0.39 is 47.6 Å². The van der Waals surface area contributed by atoms with Gasteiger partial charge in [0.05, 0.1) is 6.61 Å². The van der Waals surface area contributed by atoms with Crippen LogP contribution in [0.5, 0.6) is 0 Å². The first-order valence-electron chi connectivity index (χ1n) is 6.02. The molecular weight excluding hydrogens is 272 g/mol. The molecule has 2 heterocycles. The molecular formula is C12H16O8. The van der Waals surface area contributed by atoms with Crippen molar-refractivity contribution in [2.75, 3.05) is 6.61 Å². The number of cyclic esters (lactones) is 1. The average Bonchev–Trinajstić information content (AvgIpc) is 2.88. The third-order valence-corrected chi connectivity index (χ3v) is 2.59. The SMILES string of the molecule is CC(C)(C)OC(=O)C1OC[C@@H]([C@H]2OC(=O)C(O)=C2O)O1. The molecule has 0 aromatic heterocycles. The molecule has 20 heavy (non-hydrogen) atoms. The number of carbonyl (C=O) groups excluding carboxylic acids is 2. The second-order valence-electron chi connectivity index (χ2n) is 5.43. The molecule has 0 saturated carbocycles. The fourth-order valence-electron chi connectivity index (χ4n) is 1.77. The quantitative estimate of drug-likeness (QED) is 0.699. The predicted molar refractivity (Wildman–Crippen MR) is 62.6 cm³/mol. The monoisotopic (exact) mass is 288 g/mol. The Bertz CT molecular complexity index is 461. The lowest BCUT2D eigenvalue weighted by Crippen LogP contribution is -2.35. The van der Waals surface area contributed by atoms with Crippen molar-refractivity contribution >= 4 is 11.9 Å². The molecule has 0 aromatic rings. The highest BCUT2D eigenvalue weighted by molar-refractivity contribution is 5.89. The number of esters is 2. The Labute approximate surface area is 114 Å². The van der Waals surface area contributed by atoms with Crippen LogP contribution in [0.2, 0.25) is 0 Å². The van der Waals surface area contributed by atoms with Crippen molar-refractivity contribution in [3.05, 3.63) is 11.5 Å². The molecule has 0 bridgehead atoms. The summed E-state index contributed by atoms with van der Waals surface area (Å²) < 4.78 is 20.2. The molecule has 8 heteroatoms. The molecule has 0 amide bonds. The highest BCUT2D eigenvalue weighted by Crippen LogP contribution is 2.28. The number of aliphatic hydroxyl groups is 2. The van der Waals surface area contributed by atoms with Crippen molar-refractivity contribution in [2.24, 2.45) is 0 Å². The molecule has 0 aromatic carbocycles. The van der Waals surface area contributed by atoms with E-state index in [0.29, 0.717) is 0 Å². The molecule has 2 aliphatic rings. The van der Waals surface area contributed by atoms with Gasteiger partial charge in [-0.3, -0.25) is 0 Å². The number of rotatable bonds is 2. The Morgan fingerprint density at radius 2 is 2.00 bits per heavy atom. The van der Waals surface area contributed by atoms with E-state index in [1.54, 1.807) is 20.8 Å². The minimum Gasteiger partial charge on any atom is -0.505 e. The molecule has 0 aliphatic carbocycles. The zero-order valence-electron chi connectivity index (χ0n) is 11.3. The lowest BCUT2D eigenvalue weighted by Gasteiger charge is -2.21. The Balaban J connectivity index is 1.97.